The number of ketones is 1. The van der Waals surface area contributed by atoms with Crippen LogP contribution in [-0.4, -0.2) is 43.7 Å². The fourth-order valence-electron chi connectivity index (χ4n) is 3.14. The Morgan fingerprint density at radius 3 is 1.85 bits per heavy atom. The Balaban J connectivity index is 1.97. The lowest BCUT2D eigenvalue weighted by Gasteiger charge is -2.04. The zero-order chi connectivity index (χ0) is 28.6. The van der Waals surface area contributed by atoms with E-state index in [0.29, 0.717) is 11.1 Å². The summed E-state index contributed by atoms with van der Waals surface area (Å²) in [7, 11) is -1.13. The first-order valence-corrected chi connectivity index (χ1v) is 12.7. The SMILES string of the molecule is COc1cc(/C=C/C(=O)C(N=Nc2ccc(S(N)(=O)=O)cc2)=C(O)/C=C/c2ccc(O)c(OC)c2)ccc1O. The van der Waals surface area contributed by atoms with Crippen LogP contribution in [0.15, 0.2) is 99.4 Å². The van der Waals surface area contributed by atoms with Gasteiger partial charge < -0.3 is 24.8 Å². The molecule has 39 heavy (non-hydrogen) atoms. The van der Waals surface area contributed by atoms with Crippen molar-refractivity contribution < 1.29 is 38.0 Å². The molecule has 0 aromatic heterocycles. The Bertz CT molecular complexity index is 1590. The molecule has 0 aliphatic heterocycles. The third kappa shape index (κ3) is 7.77. The number of sulfonamides is 1. The van der Waals surface area contributed by atoms with E-state index >= 15 is 0 Å². The van der Waals surface area contributed by atoms with Gasteiger partial charge in [0.15, 0.2) is 28.7 Å². The molecule has 0 amide bonds. The van der Waals surface area contributed by atoms with Gasteiger partial charge in [-0.2, -0.15) is 5.11 Å². The summed E-state index contributed by atoms with van der Waals surface area (Å²) in [5.41, 5.74) is 0.846. The lowest BCUT2D eigenvalue weighted by molar-refractivity contribution is -0.111. The van der Waals surface area contributed by atoms with Crippen molar-refractivity contribution in [2.45, 2.75) is 4.90 Å². The first-order chi connectivity index (χ1) is 18.5. The van der Waals surface area contributed by atoms with Gasteiger partial charge >= 0.3 is 0 Å². The topological polar surface area (TPSA) is 181 Å². The second kappa shape index (κ2) is 12.5. The number of benzene rings is 3. The Kier molecular flexibility index (Phi) is 9.20. The summed E-state index contributed by atoms with van der Waals surface area (Å²) in [6, 6.07) is 14.1. The van der Waals surface area contributed by atoms with Crippen molar-refractivity contribution in [1.82, 2.24) is 0 Å². The van der Waals surface area contributed by atoms with Crippen LogP contribution in [0, 0.1) is 0 Å². The molecule has 3 rings (SSSR count). The molecule has 0 atom stereocenters. The number of phenols is 2. The molecule has 0 heterocycles. The van der Waals surface area contributed by atoms with E-state index in [-0.39, 0.29) is 33.6 Å². The van der Waals surface area contributed by atoms with Crippen molar-refractivity contribution in [3.63, 3.8) is 0 Å². The summed E-state index contributed by atoms with van der Waals surface area (Å²) < 4.78 is 33.1. The highest BCUT2D eigenvalue weighted by atomic mass is 32.2. The third-order valence-electron chi connectivity index (χ3n) is 5.18. The number of primary sulfonamides is 1. The van der Waals surface area contributed by atoms with E-state index in [0.717, 1.165) is 6.08 Å². The van der Waals surface area contributed by atoms with Gasteiger partial charge in [0.05, 0.1) is 24.8 Å². The van der Waals surface area contributed by atoms with Crippen molar-refractivity contribution in [3.8, 4) is 23.0 Å². The number of rotatable bonds is 10. The normalized spacial score (nSPS) is 12.7. The highest BCUT2D eigenvalue weighted by molar-refractivity contribution is 7.89. The summed E-state index contributed by atoms with van der Waals surface area (Å²) >= 11 is 0. The molecular formula is C27H25N3O8S. The second-order valence-electron chi connectivity index (χ2n) is 7.87. The van der Waals surface area contributed by atoms with Crippen LogP contribution in [0.1, 0.15) is 11.1 Å². The van der Waals surface area contributed by atoms with E-state index < -0.39 is 27.3 Å². The molecule has 3 aromatic carbocycles. The molecule has 0 spiro atoms. The van der Waals surface area contributed by atoms with Gasteiger partial charge in [-0.1, -0.05) is 24.3 Å². The molecule has 0 saturated heterocycles. The number of carbonyl (C=O) groups is 1. The van der Waals surface area contributed by atoms with Crippen molar-refractivity contribution in [2.24, 2.45) is 15.4 Å². The smallest absolute Gasteiger partial charge is 0.238 e. The molecule has 3 aromatic rings. The van der Waals surface area contributed by atoms with E-state index in [1.54, 1.807) is 12.1 Å². The predicted octanol–water partition coefficient (Wildman–Crippen LogP) is 4.61. The van der Waals surface area contributed by atoms with Crippen molar-refractivity contribution >= 4 is 33.6 Å². The Morgan fingerprint density at radius 2 is 1.36 bits per heavy atom. The zero-order valence-corrected chi connectivity index (χ0v) is 21.7. The van der Waals surface area contributed by atoms with Crippen LogP contribution in [0.3, 0.4) is 0 Å². The molecule has 0 saturated carbocycles. The lowest BCUT2D eigenvalue weighted by Crippen LogP contribution is -2.11. The highest BCUT2D eigenvalue weighted by Gasteiger charge is 2.13. The quantitative estimate of drug-likeness (QED) is 0.122. The Hall–Kier alpha value is -4.94. The van der Waals surface area contributed by atoms with Crippen LogP contribution in [0.2, 0.25) is 0 Å². The number of hydrogen-bond acceptors (Lipinski definition) is 10. The number of hydrogen-bond donors (Lipinski definition) is 4. The minimum absolute atomic E-state index is 0.0662. The standard InChI is InChI=1S/C27H25N3O8S/c1-37-25-15-17(3-11-21(25)31)5-13-23(33)27(30-29-19-7-9-20(10-8-19)39(28,35)36)24(34)14-6-18-4-12-22(32)26(16-18)38-2/h3-16,31-33H,1-2H3,(H2,28,35,36)/b13-5+,14-6+,27-23?,30-29?. The highest BCUT2D eigenvalue weighted by Crippen LogP contribution is 2.28. The largest absolute Gasteiger partial charge is 0.505 e. The van der Waals surface area contributed by atoms with Crippen LogP contribution in [0.5, 0.6) is 23.0 Å². The summed E-state index contributed by atoms with van der Waals surface area (Å²) in [6.07, 6.45) is 5.27. The van der Waals surface area contributed by atoms with Gasteiger partial charge in [0.2, 0.25) is 15.8 Å². The Labute approximate surface area is 224 Å². The minimum Gasteiger partial charge on any atom is -0.505 e. The fraction of sp³-hybridized carbons (Fsp3) is 0.0741. The molecule has 0 aliphatic carbocycles. The maximum absolute atomic E-state index is 13.0. The third-order valence-corrected chi connectivity index (χ3v) is 6.10. The molecule has 0 unspecified atom stereocenters. The van der Waals surface area contributed by atoms with E-state index in [1.807, 2.05) is 0 Å². The lowest BCUT2D eigenvalue weighted by atomic mass is 10.1. The van der Waals surface area contributed by atoms with E-state index in [9.17, 15) is 28.5 Å². The van der Waals surface area contributed by atoms with Gasteiger partial charge in [-0.3, -0.25) is 4.79 Å². The number of aliphatic hydroxyl groups excluding tert-OH is 1. The first kappa shape index (κ1) is 28.6. The Morgan fingerprint density at radius 1 is 0.846 bits per heavy atom. The van der Waals surface area contributed by atoms with Crippen molar-refractivity contribution in [2.75, 3.05) is 14.2 Å². The monoisotopic (exact) mass is 551 g/mol. The van der Waals surface area contributed by atoms with Gasteiger partial charge in [0.1, 0.15) is 5.76 Å². The first-order valence-electron chi connectivity index (χ1n) is 11.1. The molecule has 202 valence electrons. The number of aliphatic hydroxyl groups is 1. The van der Waals surface area contributed by atoms with Crippen molar-refractivity contribution in [3.05, 3.63) is 95.4 Å². The summed E-state index contributed by atoms with van der Waals surface area (Å²) in [5.74, 6) is -0.951. The zero-order valence-electron chi connectivity index (χ0n) is 20.8. The van der Waals surface area contributed by atoms with Gasteiger partial charge in [-0.25, -0.2) is 13.6 Å². The molecule has 0 aliphatic rings. The summed E-state index contributed by atoms with van der Waals surface area (Å²) in [4.78, 5) is 12.9. The molecule has 0 fully saturated rings. The molecule has 5 N–H and O–H groups in total. The number of ether oxygens (including phenoxy) is 2. The fourth-order valence-corrected chi connectivity index (χ4v) is 3.65. The van der Waals surface area contributed by atoms with Crippen LogP contribution in [0.4, 0.5) is 5.69 Å². The van der Waals surface area contributed by atoms with Gasteiger partial charge in [-0.05, 0) is 71.8 Å². The number of methoxy groups -OCH3 is 2. The van der Waals surface area contributed by atoms with Gasteiger partial charge in [-0.15, -0.1) is 5.11 Å². The van der Waals surface area contributed by atoms with Crippen LogP contribution in [0.25, 0.3) is 12.2 Å². The molecule has 0 radical (unpaired) electrons. The predicted molar refractivity (Wildman–Crippen MR) is 144 cm³/mol. The number of phenolic OH excluding ortho intramolecular Hbond substituents is 2. The number of carbonyl (C=O) groups excluding carboxylic acids is 1. The maximum Gasteiger partial charge on any atom is 0.238 e. The maximum atomic E-state index is 13.0. The van der Waals surface area contributed by atoms with Gasteiger partial charge in [0.25, 0.3) is 0 Å². The van der Waals surface area contributed by atoms with Gasteiger partial charge in [0, 0.05) is 0 Å². The number of nitrogens with zero attached hydrogens (tertiary/aromatic N) is 2. The van der Waals surface area contributed by atoms with Crippen LogP contribution >= 0.6 is 0 Å². The number of aromatic hydroxyl groups is 2. The molecular weight excluding hydrogens is 526 g/mol. The number of azo groups is 1. The molecule has 11 nitrogen and oxygen atoms in total. The molecule has 12 heteroatoms. The number of allylic oxidation sites excluding steroid dienone is 2. The van der Waals surface area contributed by atoms with E-state index in [1.165, 1.54) is 81.0 Å². The minimum atomic E-state index is -3.90. The second-order valence-corrected chi connectivity index (χ2v) is 9.43. The molecule has 0 bridgehead atoms. The average Bonchev–Trinajstić information content (AvgIpc) is 2.92. The van der Waals surface area contributed by atoms with E-state index in [2.05, 4.69) is 10.2 Å². The van der Waals surface area contributed by atoms with Crippen LogP contribution < -0.4 is 14.6 Å². The summed E-state index contributed by atoms with van der Waals surface area (Å²) in [5, 5.41) is 43.2. The van der Waals surface area contributed by atoms with E-state index in [4.69, 9.17) is 14.6 Å². The van der Waals surface area contributed by atoms with Crippen molar-refractivity contribution in [1.29, 1.82) is 0 Å². The van der Waals surface area contributed by atoms with Crippen LogP contribution in [-0.2, 0) is 14.8 Å². The average molecular weight is 552 g/mol. The number of nitrogens with two attached hydrogens (primary N) is 1. The summed E-state index contributed by atoms with van der Waals surface area (Å²) in [6.45, 7) is 0.